The van der Waals surface area contributed by atoms with Crippen molar-refractivity contribution in [2.24, 2.45) is 29.4 Å². The van der Waals surface area contributed by atoms with Crippen molar-refractivity contribution in [3.05, 3.63) is 0 Å². The summed E-state index contributed by atoms with van der Waals surface area (Å²) in [5, 5.41) is 0. The summed E-state index contributed by atoms with van der Waals surface area (Å²) >= 11 is 0. The molecule has 0 saturated heterocycles. The topological polar surface area (TPSA) is 52.3 Å². The van der Waals surface area contributed by atoms with Crippen LogP contribution in [0.4, 0.5) is 0 Å². The van der Waals surface area contributed by atoms with Crippen LogP contribution >= 0.6 is 0 Å². The van der Waals surface area contributed by atoms with Gasteiger partial charge in [-0.15, -0.1) is 0 Å². The molecule has 0 aliphatic heterocycles. The van der Waals surface area contributed by atoms with E-state index in [0.29, 0.717) is 6.10 Å². The molecule has 0 heterocycles. The van der Waals surface area contributed by atoms with Crippen molar-refractivity contribution in [2.45, 2.75) is 85.7 Å². The lowest BCUT2D eigenvalue weighted by molar-refractivity contribution is -0.121. The second kappa shape index (κ2) is 11.9. The molecule has 1 saturated carbocycles. The number of unbranched alkanes of at least 4 members (excludes halogenated alkanes) is 2. The molecular weight excluding hydrogens is 274 g/mol. The van der Waals surface area contributed by atoms with E-state index in [1.54, 1.807) is 0 Å². The Morgan fingerprint density at radius 1 is 1.23 bits per heavy atom. The fourth-order valence-corrected chi connectivity index (χ4v) is 3.23. The van der Waals surface area contributed by atoms with Crippen molar-refractivity contribution in [3.63, 3.8) is 0 Å². The first-order valence-corrected chi connectivity index (χ1v) is 9.15. The maximum Gasteiger partial charge on any atom is 0.220 e. The molecule has 1 unspecified atom stereocenters. The van der Waals surface area contributed by atoms with Crippen molar-refractivity contribution in [1.82, 2.24) is 0 Å². The third-order valence-corrected chi connectivity index (χ3v) is 4.99. The highest BCUT2D eigenvalue weighted by molar-refractivity contribution is 5.76. The van der Waals surface area contributed by atoms with Crippen LogP contribution in [0.1, 0.15) is 79.6 Å². The van der Waals surface area contributed by atoms with E-state index in [1.807, 2.05) is 14.0 Å². The van der Waals surface area contributed by atoms with Gasteiger partial charge in [-0.3, -0.25) is 4.79 Å². The third-order valence-electron chi connectivity index (χ3n) is 4.99. The molecule has 0 aromatic carbocycles. The molecule has 132 valence electrons. The van der Waals surface area contributed by atoms with Crippen LogP contribution in [0, 0.1) is 23.7 Å². The average molecular weight is 314 g/mol. The minimum Gasteiger partial charge on any atom is -0.381 e. The monoisotopic (exact) mass is 313 g/mol. The lowest BCUT2D eigenvalue weighted by Crippen LogP contribution is -2.33. The molecule has 0 aromatic heterocycles. The van der Waals surface area contributed by atoms with E-state index < -0.39 is 0 Å². The van der Waals surface area contributed by atoms with Crippen LogP contribution in [0.15, 0.2) is 0 Å². The van der Waals surface area contributed by atoms with E-state index in [-0.39, 0.29) is 11.8 Å². The number of rotatable bonds is 7. The van der Waals surface area contributed by atoms with E-state index in [0.717, 1.165) is 30.6 Å². The SMILES string of the molecule is CCCCCC(C)C(N)=O.CO[C@@H]1C[C@H](C)CC[C@H]1C(C)C. The molecule has 1 rings (SSSR count). The van der Waals surface area contributed by atoms with Gasteiger partial charge in [-0.1, -0.05) is 60.3 Å². The predicted octanol–water partition coefficient (Wildman–Crippen LogP) is 4.78. The van der Waals surface area contributed by atoms with E-state index in [2.05, 4.69) is 27.7 Å². The fourth-order valence-electron chi connectivity index (χ4n) is 3.23. The lowest BCUT2D eigenvalue weighted by atomic mass is 9.75. The summed E-state index contributed by atoms with van der Waals surface area (Å²) in [6, 6.07) is 0. The maximum atomic E-state index is 10.5. The maximum absolute atomic E-state index is 10.5. The highest BCUT2D eigenvalue weighted by Gasteiger charge is 2.30. The number of hydrogen-bond donors (Lipinski definition) is 1. The number of hydrogen-bond acceptors (Lipinski definition) is 2. The van der Waals surface area contributed by atoms with Crippen molar-refractivity contribution < 1.29 is 9.53 Å². The van der Waals surface area contributed by atoms with Gasteiger partial charge in [0.05, 0.1) is 6.10 Å². The van der Waals surface area contributed by atoms with E-state index in [4.69, 9.17) is 10.5 Å². The molecule has 22 heavy (non-hydrogen) atoms. The molecule has 1 aliphatic rings. The van der Waals surface area contributed by atoms with Crippen molar-refractivity contribution >= 4 is 5.91 Å². The predicted molar refractivity (Wildman–Crippen MR) is 94.6 cm³/mol. The molecule has 1 amide bonds. The highest BCUT2D eigenvalue weighted by atomic mass is 16.5. The van der Waals surface area contributed by atoms with Crippen LogP contribution in [0.25, 0.3) is 0 Å². The summed E-state index contributed by atoms with van der Waals surface area (Å²) in [7, 11) is 1.86. The number of carbonyl (C=O) groups is 1. The standard InChI is InChI=1S/C11H22O.C8H17NO/c1-8(2)10-6-5-9(3)7-11(10)12-4;1-3-4-5-6-7(2)8(9)10/h8-11H,5-7H2,1-4H3;7H,3-6H2,1-2H3,(H2,9,10)/t9-,10+,11-;/m1./s1. The van der Waals surface area contributed by atoms with Crippen molar-refractivity contribution in [3.8, 4) is 0 Å². The number of carbonyl (C=O) groups excluding carboxylic acids is 1. The zero-order chi connectivity index (χ0) is 17.1. The summed E-state index contributed by atoms with van der Waals surface area (Å²) in [6.07, 6.45) is 9.01. The van der Waals surface area contributed by atoms with Gasteiger partial charge in [0.1, 0.15) is 0 Å². The van der Waals surface area contributed by atoms with Crippen LogP contribution in [-0.2, 0) is 9.53 Å². The molecule has 0 spiro atoms. The van der Waals surface area contributed by atoms with Gasteiger partial charge in [-0.25, -0.2) is 0 Å². The minimum atomic E-state index is -0.170. The first-order valence-electron chi connectivity index (χ1n) is 9.15. The fraction of sp³-hybridized carbons (Fsp3) is 0.947. The first kappa shape index (κ1) is 21.4. The summed E-state index contributed by atoms with van der Waals surface area (Å²) in [6.45, 7) is 11.0. The Morgan fingerprint density at radius 2 is 1.86 bits per heavy atom. The van der Waals surface area contributed by atoms with Crippen molar-refractivity contribution in [1.29, 1.82) is 0 Å². The van der Waals surface area contributed by atoms with Crippen molar-refractivity contribution in [2.75, 3.05) is 7.11 Å². The number of nitrogens with two attached hydrogens (primary N) is 1. The zero-order valence-corrected chi connectivity index (χ0v) is 15.7. The average Bonchev–Trinajstić information content (AvgIpc) is 2.47. The van der Waals surface area contributed by atoms with Gasteiger partial charge in [-0.2, -0.15) is 0 Å². The second-order valence-corrected chi connectivity index (χ2v) is 7.40. The largest absolute Gasteiger partial charge is 0.381 e. The normalized spacial score (nSPS) is 26.2. The molecule has 4 atom stereocenters. The molecular formula is C19H39NO2. The van der Waals surface area contributed by atoms with E-state index in [1.165, 1.54) is 32.1 Å². The smallest absolute Gasteiger partial charge is 0.220 e. The van der Waals surface area contributed by atoms with Crippen LogP contribution < -0.4 is 5.73 Å². The Kier molecular flexibility index (Phi) is 11.6. The molecule has 0 bridgehead atoms. The van der Waals surface area contributed by atoms with Gasteiger partial charge in [0, 0.05) is 13.0 Å². The number of ether oxygens (including phenoxy) is 1. The molecule has 1 aliphatic carbocycles. The second-order valence-electron chi connectivity index (χ2n) is 7.40. The van der Waals surface area contributed by atoms with Crippen LogP contribution in [0.5, 0.6) is 0 Å². The summed E-state index contributed by atoms with van der Waals surface area (Å²) in [5.74, 6) is 2.33. The molecule has 0 aromatic rings. The third kappa shape index (κ3) is 8.77. The van der Waals surface area contributed by atoms with Gasteiger partial charge in [0.15, 0.2) is 0 Å². The number of methoxy groups -OCH3 is 1. The zero-order valence-electron chi connectivity index (χ0n) is 15.7. The lowest BCUT2D eigenvalue weighted by Gasteiger charge is -2.36. The van der Waals surface area contributed by atoms with Gasteiger partial charge in [0.2, 0.25) is 5.91 Å². The quantitative estimate of drug-likeness (QED) is 0.687. The van der Waals surface area contributed by atoms with Crippen LogP contribution in [0.2, 0.25) is 0 Å². The Balaban J connectivity index is 0.000000409. The molecule has 2 N–H and O–H groups in total. The molecule has 0 radical (unpaired) electrons. The minimum absolute atomic E-state index is 0.0616. The Bertz CT molecular complexity index is 291. The van der Waals surface area contributed by atoms with Gasteiger partial charge >= 0.3 is 0 Å². The Labute approximate surface area is 138 Å². The Morgan fingerprint density at radius 3 is 2.32 bits per heavy atom. The van der Waals surface area contributed by atoms with Gasteiger partial charge < -0.3 is 10.5 Å². The van der Waals surface area contributed by atoms with Gasteiger partial charge in [-0.05, 0) is 37.0 Å². The Hall–Kier alpha value is -0.570. The number of amides is 1. The summed E-state index contributed by atoms with van der Waals surface area (Å²) in [5.41, 5.74) is 5.08. The number of primary amides is 1. The summed E-state index contributed by atoms with van der Waals surface area (Å²) < 4.78 is 5.54. The molecule has 3 heteroatoms. The van der Waals surface area contributed by atoms with E-state index in [9.17, 15) is 4.79 Å². The van der Waals surface area contributed by atoms with Gasteiger partial charge in [0.25, 0.3) is 0 Å². The highest BCUT2D eigenvalue weighted by Crippen LogP contribution is 2.34. The first-order chi connectivity index (χ1) is 10.3. The van der Waals surface area contributed by atoms with E-state index >= 15 is 0 Å². The summed E-state index contributed by atoms with van der Waals surface area (Å²) in [4.78, 5) is 10.5. The molecule has 3 nitrogen and oxygen atoms in total. The van der Waals surface area contributed by atoms with Crippen LogP contribution in [0.3, 0.4) is 0 Å². The molecule has 1 fully saturated rings. The van der Waals surface area contributed by atoms with Crippen LogP contribution in [-0.4, -0.2) is 19.1 Å².